The van der Waals surface area contributed by atoms with Crippen molar-refractivity contribution in [2.45, 2.75) is 37.3 Å². The molecule has 1 amide bonds. The minimum absolute atomic E-state index is 0.0571. The van der Waals surface area contributed by atoms with Gasteiger partial charge in [-0.2, -0.15) is 0 Å². The van der Waals surface area contributed by atoms with E-state index in [2.05, 4.69) is 15.1 Å². The first-order valence-corrected chi connectivity index (χ1v) is 11.1. The van der Waals surface area contributed by atoms with E-state index in [1.807, 2.05) is 17.0 Å². The van der Waals surface area contributed by atoms with Gasteiger partial charge in [-0.15, -0.1) is 10.2 Å². The number of methoxy groups -OCH3 is 1. The van der Waals surface area contributed by atoms with Gasteiger partial charge in [-0.1, -0.05) is 17.4 Å². The second kappa shape index (κ2) is 7.53. The minimum atomic E-state index is -0.469. The van der Waals surface area contributed by atoms with Gasteiger partial charge in [-0.05, 0) is 25.3 Å². The molecule has 5 rings (SSSR count). The molecule has 4 atom stereocenters. The molecule has 2 saturated heterocycles. The smallest absolute Gasteiger partial charge is 0.251 e. The van der Waals surface area contributed by atoms with Crippen molar-refractivity contribution in [2.24, 2.45) is 5.92 Å². The van der Waals surface area contributed by atoms with Crippen LogP contribution in [0.4, 0.5) is 5.13 Å². The van der Waals surface area contributed by atoms with Crippen LogP contribution in [-0.2, 0) is 9.53 Å². The summed E-state index contributed by atoms with van der Waals surface area (Å²) < 4.78 is 7.13. The second-order valence-corrected chi connectivity index (χ2v) is 9.02. The van der Waals surface area contributed by atoms with E-state index in [1.54, 1.807) is 23.3 Å². The zero-order valence-corrected chi connectivity index (χ0v) is 17.3. The molecule has 3 aliphatic heterocycles. The first-order valence-electron chi connectivity index (χ1n) is 10.2. The maximum absolute atomic E-state index is 13.8. The SMILES string of the molecule is COC[C@@H]1CCCN1C(=O)[C@H]1[C@@H]2C[C@@H](CN(c3nncs3)C2)c2cccc(=O)n21. The average molecular weight is 416 g/mol. The van der Waals surface area contributed by atoms with Gasteiger partial charge in [0.2, 0.25) is 11.0 Å². The van der Waals surface area contributed by atoms with Crippen LogP contribution in [0, 0.1) is 5.92 Å². The Kier molecular flexibility index (Phi) is 4.87. The summed E-state index contributed by atoms with van der Waals surface area (Å²) in [5.41, 5.74) is 2.62. The van der Waals surface area contributed by atoms with Crippen molar-refractivity contribution in [1.82, 2.24) is 19.7 Å². The summed E-state index contributed by atoms with van der Waals surface area (Å²) in [6.45, 7) is 2.79. The number of anilines is 1. The van der Waals surface area contributed by atoms with Crippen molar-refractivity contribution in [3.63, 3.8) is 0 Å². The average Bonchev–Trinajstić information content (AvgIpc) is 3.41. The van der Waals surface area contributed by atoms with Gasteiger partial charge in [0.1, 0.15) is 11.6 Å². The molecule has 0 radical (unpaired) electrons. The predicted octanol–water partition coefficient (Wildman–Crippen LogP) is 1.50. The molecule has 3 aliphatic rings. The minimum Gasteiger partial charge on any atom is -0.383 e. The van der Waals surface area contributed by atoms with Gasteiger partial charge in [0.25, 0.3) is 5.56 Å². The molecular formula is C20H25N5O3S. The number of ether oxygens (including phenoxy) is 1. The summed E-state index contributed by atoms with van der Waals surface area (Å²) in [5, 5.41) is 9.10. The lowest BCUT2D eigenvalue weighted by Gasteiger charge is -2.47. The van der Waals surface area contributed by atoms with Crippen molar-refractivity contribution in [1.29, 1.82) is 0 Å². The van der Waals surface area contributed by atoms with Crippen LogP contribution >= 0.6 is 11.3 Å². The number of nitrogens with zero attached hydrogens (tertiary/aromatic N) is 5. The molecule has 5 heterocycles. The molecule has 0 saturated carbocycles. The van der Waals surface area contributed by atoms with Gasteiger partial charge in [0, 0.05) is 50.3 Å². The van der Waals surface area contributed by atoms with Crippen molar-refractivity contribution in [3.05, 3.63) is 39.8 Å². The first kappa shape index (κ1) is 18.7. The Balaban J connectivity index is 1.54. The Morgan fingerprint density at radius 3 is 3.03 bits per heavy atom. The van der Waals surface area contributed by atoms with E-state index in [1.165, 1.54) is 11.3 Å². The van der Waals surface area contributed by atoms with Crippen LogP contribution < -0.4 is 10.5 Å². The highest BCUT2D eigenvalue weighted by molar-refractivity contribution is 7.13. The maximum Gasteiger partial charge on any atom is 0.251 e. The summed E-state index contributed by atoms with van der Waals surface area (Å²) >= 11 is 1.52. The fourth-order valence-electron chi connectivity index (χ4n) is 5.37. The number of rotatable bonds is 4. The number of carbonyl (C=O) groups excluding carboxylic acids is 1. The fraction of sp³-hybridized carbons (Fsp3) is 0.600. The Hall–Kier alpha value is -2.26. The molecule has 0 aromatic carbocycles. The number of likely N-dealkylation sites (tertiary alicyclic amines) is 1. The van der Waals surface area contributed by atoms with Gasteiger partial charge < -0.3 is 14.5 Å². The number of aromatic nitrogens is 3. The normalized spacial score (nSPS) is 28.4. The highest BCUT2D eigenvalue weighted by atomic mass is 32.1. The summed E-state index contributed by atoms with van der Waals surface area (Å²) in [6.07, 6.45) is 2.85. The van der Waals surface area contributed by atoms with Crippen molar-refractivity contribution >= 4 is 22.4 Å². The number of piperidine rings is 1. The molecule has 2 fully saturated rings. The number of hydrogen-bond acceptors (Lipinski definition) is 7. The van der Waals surface area contributed by atoms with E-state index >= 15 is 0 Å². The molecule has 0 aliphatic carbocycles. The topological polar surface area (TPSA) is 80.6 Å². The molecule has 2 aromatic rings. The first-order chi connectivity index (χ1) is 14.2. The molecule has 154 valence electrons. The number of carbonyl (C=O) groups is 1. The summed E-state index contributed by atoms with van der Waals surface area (Å²) in [5.74, 6) is 0.340. The molecule has 0 spiro atoms. The number of pyridine rings is 1. The molecule has 0 N–H and O–H groups in total. The lowest BCUT2D eigenvalue weighted by molar-refractivity contribution is -0.139. The zero-order valence-electron chi connectivity index (χ0n) is 16.4. The summed E-state index contributed by atoms with van der Waals surface area (Å²) in [7, 11) is 1.67. The highest BCUT2D eigenvalue weighted by Crippen LogP contribution is 2.43. The van der Waals surface area contributed by atoms with E-state index < -0.39 is 6.04 Å². The van der Waals surface area contributed by atoms with E-state index in [0.717, 1.165) is 43.2 Å². The molecule has 0 unspecified atom stereocenters. The molecule has 2 aromatic heterocycles. The predicted molar refractivity (Wildman–Crippen MR) is 109 cm³/mol. The zero-order chi connectivity index (χ0) is 20.0. The van der Waals surface area contributed by atoms with Crippen LogP contribution in [0.15, 0.2) is 28.5 Å². The second-order valence-electron chi connectivity index (χ2n) is 8.21. The van der Waals surface area contributed by atoms with Gasteiger partial charge >= 0.3 is 0 Å². The third kappa shape index (κ3) is 3.16. The Morgan fingerprint density at radius 2 is 2.24 bits per heavy atom. The quantitative estimate of drug-likeness (QED) is 0.753. The van der Waals surface area contributed by atoms with Gasteiger partial charge in [-0.25, -0.2) is 0 Å². The largest absolute Gasteiger partial charge is 0.383 e. The van der Waals surface area contributed by atoms with E-state index in [0.29, 0.717) is 13.2 Å². The van der Waals surface area contributed by atoms with Gasteiger partial charge in [-0.3, -0.25) is 14.2 Å². The molecule has 9 heteroatoms. The monoisotopic (exact) mass is 415 g/mol. The van der Waals surface area contributed by atoms with Crippen LogP contribution in [-0.4, -0.2) is 65.0 Å². The maximum atomic E-state index is 13.8. The van der Waals surface area contributed by atoms with Crippen LogP contribution in [0.5, 0.6) is 0 Å². The van der Waals surface area contributed by atoms with Crippen LogP contribution in [0.25, 0.3) is 0 Å². The van der Waals surface area contributed by atoms with Crippen LogP contribution in [0.2, 0.25) is 0 Å². The van der Waals surface area contributed by atoms with E-state index in [4.69, 9.17) is 4.74 Å². The molecule has 2 bridgehead atoms. The molecular weight excluding hydrogens is 390 g/mol. The van der Waals surface area contributed by atoms with Crippen molar-refractivity contribution < 1.29 is 9.53 Å². The van der Waals surface area contributed by atoms with Crippen LogP contribution in [0.1, 0.15) is 36.9 Å². The molecule has 29 heavy (non-hydrogen) atoms. The standard InChI is InChI=1S/C20H25N5O3S/c1-28-11-15-4-3-7-24(15)19(27)18-14-8-13(16-5-2-6-17(26)25(16)18)9-23(10-14)20-22-21-12-29-20/h2,5-6,12-15,18H,3-4,7-11H2,1H3/t13-,14+,15-,18+/m0/s1. The van der Waals surface area contributed by atoms with Crippen molar-refractivity contribution in [3.8, 4) is 0 Å². The highest BCUT2D eigenvalue weighted by Gasteiger charge is 2.46. The van der Waals surface area contributed by atoms with E-state index in [9.17, 15) is 9.59 Å². The number of amides is 1. The van der Waals surface area contributed by atoms with Crippen molar-refractivity contribution in [2.75, 3.05) is 38.3 Å². The van der Waals surface area contributed by atoms with Crippen LogP contribution in [0.3, 0.4) is 0 Å². The fourth-order valence-corrected chi connectivity index (χ4v) is 5.95. The lowest BCUT2D eigenvalue weighted by Crippen LogP contribution is -2.55. The lowest BCUT2D eigenvalue weighted by atomic mass is 9.78. The Labute approximate surface area is 173 Å². The van der Waals surface area contributed by atoms with Gasteiger partial charge in [0.05, 0.1) is 12.6 Å². The summed E-state index contributed by atoms with van der Waals surface area (Å²) in [4.78, 5) is 30.8. The van der Waals surface area contributed by atoms with E-state index in [-0.39, 0.29) is 29.3 Å². The third-order valence-electron chi connectivity index (χ3n) is 6.54. The number of hydrogen-bond donors (Lipinski definition) is 0. The third-order valence-corrected chi connectivity index (χ3v) is 7.29. The van der Waals surface area contributed by atoms with Gasteiger partial charge in [0.15, 0.2) is 0 Å². The number of fused-ring (bicyclic) bond motifs is 4. The Bertz CT molecular complexity index is 946. The molecule has 8 nitrogen and oxygen atoms in total. The summed E-state index contributed by atoms with van der Waals surface area (Å²) in [6, 6.07) is 5.01. The Morgan fingerprint density at radius 1 is 1.34 bits per heavy atom.